The minimum Gasteiger partial charge on any atom is -0.369 e. The highest BCUT2D eigenvalue weighted by molar-refractivity contribution is 9.10. The molecule has 1 rings (SSSR count). The van der Waals surface area contributed by atoms with Gasteiger partial charge in [0.05, 0.1) is 5.56 Å². The third kappa shape index (κ3) is 4.20. The zero-order chi connectivity index (χ0) is 15.3. The molecule has 0 radical (unpaired) electrons. The first-order valence-corrected chi connectivity index (χ1v) is 7.84. The number of anilines is 1. The van der Waals surface area contributed by atoms with E-state index in [0.717, 1.165) is 17.4 Å². The van der Waals surface area contributed by atoms with E-state index in [2.05, 4.69) is 53.9 Å². The summed E-state index contributed by atoms with van der Waals surface area (Å²) in [6.45, 7) is 9.18. The molecule has 1 atom stereocenters. The first kappa shape index (κ1) is 17.0. The fourth-order valence-corrected chi connectivity index (χ4v) is 2.14. The van der Waals surface area contributed by atoms with Crippen molar-refractivity contribution in [1.29, 1.82) is 0 Å². The number of rotatable bonds is 6. The van der Waals surface area contributed by atoms with E-state index in [1.54, 1.807) is 11.1 Å². The summed E-state index contributed by atoms with van der Waals surface area (Å²) in [6, 6.07) is 2.01. The zero-order valence-electron chi connectivity index (χ0n) is 12.9. The van der Waals surface area contributed by atoms with Crippen LogP contribution in [0.2, 0.25) is 0 Å². The summed E-state index contributed by atoms with van der Waals surface area (Å²) in [5.41, 5.74) is 0.614. The summed E-state index contributed by atoms with van der Waals surface area (Å²) in [4.78, 5) is 18.8. The highest BCUT2D eigenvalue weighted by Gasteiger charge is 2.22. The second kappa shape index (κ2) is 7.62. The van der Waals surface area contributed by atoms with Crippen LogP contribution in [0.3, 0.4) is 0 Å². The number of amides is 1. The van der Waals surface area contributed by atoms with E-state index in [1.807, 2.05) is 13.1 Å². The number of halogens is 1. The van der Waals surface area contributed by atoms with Crippen molar-refractivity contribution in [3.05, 3.63) is 22.3 Å². The van der Waals surface area contributed by atoms with Crippen molar-refractivity contribution in [2.24, 2.45) is 5.92 Å². The molecule has 0 bridgehead atoms. The van der Waals surface area contributed by atoms with Gasteiger partial charge < -0.3 is 10.2 Å². The van der Waals surface area contributed by atoms with Crippen LogP contribution >= 0.6 is 15.9 Å². The standard InChI is InChI=1S/C15H24BrN3O/c1-6-7-17-14-13(8-12(16)9-18-14)15(20)19(5)11(4)10(2)3/h8-11H,6-7H2,1-5H3,(H,17,18). The third-order valence-corrected chi connectivity index (χ3v) is 3.96. The second-order valence-electron chi connectivity index (χ2n) is 5.38. The fraction of sp³-hybridized carbons (Fsp3) is 0.600. The predicted octanol–water partition coefficient (Wildman–Crippen LogP) is 3.78. The van der Waals surface area contributed by atoms with E-state index < -0.39 is 0 Å². The lowest BCUT2D eigenvalue weighted by molar-refractivity contribution is 0.0707. The fourth-order valence-electron chi connectivity index (χ4n) is 1.81. The summed E-state index contributed by atoms with van der Waals surface area (Å²) < 4.78 is 0.813. The maximum Gasteiger partial charge on any atom is 0.257 e. The lowest BCUT2D eigenvalue weighted by Gasteiger charge is -2.28. The molecule has 1 aromatic rings. The molecule has 0 spiro atoms. The summed E-state index contributed by atoms with van der Waals surface area (Å²) in [6.07, 6.45) is 2.70. The van der Waals surface area contributed by atoms with Crippen molar-refractivity contribution in [1.82, 2.24) is 9.88 Å². The summed E-state index contributed by atoms with van der Waals surface area (Å²) in [7, 11) is 1.84. The number of carbonyl (C=O) groups excluding carboxylic acids is 1. The average molecular weight is 342 g/mol. The predicted molar refractivity (Wildman–Crippen MR) is 87.1 cm³/mol. The van der Waals surface area contributed by atoms with Crippen LogP contribution in [-0.4, -0.2) is 35.4 Å². The summed E-state index contributed by atoms with van der Waals surface area (Å²) in [5, 5.41) is 3.21. The Bertz CT molecular complexity index is 462. The van der Waals surface area contributed by atoms with Gasteiger partial charge in [-0.2, -0.15) is 0 Å². The number of hydrogen-bond donors (Lipinski definition) is 1. The van der Waals surface area contributed by atoms with E-state index >= 15 is 0 Å². The summed E-state index contributed by atoms with van der Waals surface area (Å²) >= 11 is 3.39. The molecule has 0 saturated heterocycles. The van der Waals surface area contributed by atoms with Gasteiger partial charge in [0.1, 0.15) is 5.82 Å². The molecule has 0 aliphatic heterocycles. The Labute approximate surface area is 130 Å². The molecule has 5 heteroatoms. The third-order valence-electron chi connectivity index (χ3n) is 3.52. The Hall–Kier alpha value is -1.10. The quantitative estimate of drug-likeness (QED) is 0.856. The van der Waals surface area contributed by atoms with Crippen LogP contribution in [-0.2, 0) is 0 Å². The molecule has 1 heterocycles. The van der Waals surface area contributed by atoms with Crippen molar-refractivity contribution < 1.29 is 4.79 Å². The molecule has 0 saturated carbocycles. The van der Waals surface area contributed by atoms with Gasteiger partial charge in [0.25, 0.3) is 5.91 Å². The number of aromatic nitrogens is 1. The number of nitrogens with zero attached hydrogens (tertiary/aromatic N) is 2. The van der Waals surface area contributed by atoms with Crippen molar-refractivity contribution in [2.45, 2.75) is 40.2 Å². The Balaban J connectivity index is 3.04. The Morgan fingerprint density at radius 2 is 2.10 bits per heavy atom. The molecule has 1 N–H and O–H groups in total. The smallest absolute Gasteiger partial charge is 0.257 e. The van der Waals surface area contributed by atoms with Crippen LogP contribution in [0.4, 0.5) is 5.82 Å². The van der Waals surface area contributed by atoms with Gasteiger partial charge in [-0.05, 0) is 41.3 Å². The molecule has 4 nitrogen and oxygen atoms in total. The van der Waals surface area contributed by atoms with Gasteiger partial charge in [-0.25, -0.2) is 4.98 Å². The average Bonchev–Trinajstić information content (AvgIpc) is 2.43. The van der Waals surface area contributed by atoms with Crippen LogP contribution in [0.25, 0.3) is 0 Å². The van der Waals surface area contributed by atoms with Crippen molar-refractivity contribution in [2.75, 3.05) is 18.9 Å². The van der Waals surface area contributed by atoms with Gasteiger partial charge in [0, 0.05) is 30.3 Å². The van der Waals surface area contributed by atoms with Gasteiger partial charge in [0.2, 0.25) is 0 Å². The van der Waals surface area contributed by atoms with E-state index in [0.29, 0.717) is 17.3 Å². The molecular weight excluding hydrogens is 318 g/mol. The highest BCUT2D eigenvalue weighted by atomic mass is 79.9. The number of pyridine rings is 1. The van der Waals surface area contributed by atoms with Gasteiger partial charge in [-0.15, -0.1) is 0 Å². The van der Waals surface area contributed by atoms with Gasteiger partial charge in [-0.3, -0.25) is 4.79 Å². The molecule has 0 aliphatic rings. The van der Waals surface area contributed by atoms with Gasteiger partial charge in [0.15, 0.2) is 0 Å². The Morgan fingerprint density at radius 1 is 1.45 bits per heavy atom. The number of nitrogens with one attached hydrogen (secondary N) is 1. The van der Waals surface area contributed by atoms with Crippen molar-refractivity contribution in [3.63, 3.8) is 0 Å². The molecule has 1 amide bonds. The normalized spacial score (nSPS) is 12.3. The SMILES string of the molecule is CCCNc1ncc(Br)cc1C(=O)N(C)C(C)C(C)C. The van der Waals surface area contributed by atoms with E-state index in [1.165, 1.54) is 0 Å². The van der Waals surface area contributed by atoms with Crippen molar-refractivity contribution in [3.8, 4) is 0 Å². The van der Waals surface area contributed by atoms with Crippen LogP contribution in [0.15, 0.2) is 16.7 Å². The molecule has 0 aliphatic carbocycles. The maximum atomic E-state index is 12.7. The molecule has 1 aromatic heterocycles. The minimum absolute atomic E-state index is 0.00129. The maximum absolute atomic E-state index is 12.7. The van der Waals surface area contributed by atoms with Gasteiger partial charge >= 0.3 is 0 Å². The van der Waals surface area contributed by atoms with Crippen LogP contribution in [0.1, 0.15) is 44.5 Å². The summed E-state index contributed by atoms with van der Waals surface area (Å²) in [5.74, 6) is 1.07. The van der Waals surface area contributed by atoms with Crippen LogP contribution < -0.4 is 5.32 Å². The number of hydrogen-bond acceptors (Lipinski definition) is 3. The van der Waals surface area contributed by atoms with Crippen LogP contribution in [0, 0.1) is 5.92 Å². The molecule has 20 heavy (non-hydrogen) atoms. The van der Waals surface area contributed by atoms with Crippen molar-refractivity contribution >= 4 is 27.7 Å². The Kier molecular flexibility index (Phi) is 6.46. The van der Waals surface area contributed by atoms with E-state index in [9.17, 15) is 4.79 Å². The molecule has 112 valence electrons. The Morgan fingerprint density at radius 3 is 2.65 bits per heavy atom. The molecule has 0 aromatic carbocycles. The first-order chi connectivity index (χ1) is 9.38. The minimum atomic E-state index is -0.00129. The largest absolute Gasteiger partial charge is 0.369 e. The monoisotopic (exact) mass is 341 g/mol. The van der Waals surface area contributed by atoms with Gasteiger partial charge in [-0.1, -0.05) is 20.8 Å². The molecule has 1 unspecified atom stereocenters. The second-order valence-corrected chi connectivity index (χ2v) is 6.29. The highest BCUT2D eigenvalue weighted by Crippen LogP contribution is 2.21. The number of carbonyl (C=O) groups is 1. The van der Waals surface area contributed by atoms with E-state index in [-0.39, 0.29) is 11.9 Å². The lowest BCUT2D eigenvalue weighted by Crippen LogP contribution is -2.38. The van der Waals surface area contributed by atoms with E-state index in [4.69, 9.17) is 0 Å². The molecular formula is C15H24BrN3O. The lowest BCUT2D eigenvalue weighted by atomic mass is 10.0. The zero-order valence-corrected chi connectivity index (χ0v) is 14.5. The molecule has 0 fully saturated rings. The van der Waals surface area contributed by atoms with Crippen LogP contribution in [0.5, 0.6) is 0 Å². The topological polar surface area (TPSA) is 45.2 Å². The first-order valence-electron chi connectivity index (χ1n) is 7.05.